The van der Waals surface area contributed by atoms with Gasteiger partial charge >= 0.3 is 0 Å². The largest absolute Gasteiger partial charge is 0.384 e. The topological polar surface area (TPSA) is 43.8 Å². The van der Waals surface area contributed by atoms with Crippen LogP contribution < -0.4 is 0 Å². The van der Waals surface area contributed by atoms with Crippen molar-refractivity contribution in [1.82, 2.24) is 9.80 Å². The number of hydrogen-bond donors (Lipinski definition) is 1. The van der Waals surface area contributed by atoms with Crippen LogP contribution in [0.2, 0.25) is 0 Å². The molecule has 5 atom stereocenters. The average Bonchev–Trinajstić information content (AvgIpc) is 3.23. The number of likely N-dealkylation sites (tertiary alicyclic amines) is 2. The highest BCUT2D eigenvalue weighted by Gasteiger charge is 2.50. The molecule has 35 heavy (non-hydrogen) atoms. The Morgan fingerprint density at radius 2 is 1.57 bits per heavy atom. The van der Waals surface area contributed by atoms with Crippen LogP contribution in [0.25, 0.3) is 0 Å². The van der Waals surface area contributed by atoms with Crippen molar-refractivity contribution in [2.75, 3.05) is 26.2 Å². The summed E-state index contributed by atoms with van der Waals surface area (Å²) in [6, 6.07) is 11.6. The lowest BCUT2D eigenvalue weighted by Gasteiger charge is -2.48. The SMILES string of the molecule is Cc1ccc([C@@]2(O)[C@H](C)CN(C(=O)[C@@H]3CN(C(C)(C)C)C[C@H]3c3ccc(F)cc3F)C[C@@H]2C)cc1. The van der Waals surface area contributed by atoms with Crippen LogP contribution in [0.3, 0.4) is 0 Å². The molecule has 190 valence electrons. The zero-order valence-electron chi connectivity index (χ0n) is 21.7. The number of aliphatic hydroxyl groups is 1. The van der Waals surface area contributed by atoms with Gasteiger partial charge in [0.15, 0.2) is 0 Å². The smallest absolute Gasteiger partial charge is 0.227 e. The van der Waals surface area contributed by atoms with Gasteiger partial charge in [-0.3, -0.25) is 9.69 Å². The van der Waals surface area contributed by atoms with Gasteiger partial charge < -0.3 is 10.0 Å². The Hall–Kier alpha value is -2.31. The van der Waals surface area contributed by atoms with Crippen LogP contribution in [0.15, 0.2) is 42.5 Å². The number of carbonyl (C=O) groups is 1. The van der Waals surface area contributed by atoms with E-state index >= 15 is 0 Å². The highest BCUT2D eigenvalue weighted by molar-refractivity contribution is 5.81. The Kier molecular flexibility index (Phi) is 6.84. The van der Waals surface area contributed by atoms with Gasteiger partial charge in [-0.2, -0.15) is 0 Å². The van der Waals surface area contributed by atoms with Crippen molar-refractivity contribution in [3.05, 3.63) is 70.8 Å². The lowest BCUT2D eigenvalue weighted by atomic mass is 9.70. The highest BCUT2D eigenvalue weighted by Crippen LogP contribution is 2.44. The van der Waals surface area contributed by atoms with E-state index in [0.29, 0.717) is 31.7 Å². The summed E-state index contributed by atoms with van der Waals surface area (Å²) in [5.74, 6) is -2.36. The van der Waals surface area contributed by atoms with Gasteiger partial charge in [-0.25, -0.2) is 8.78 Å². The number of aryl methyl sites for hydroxylation is 1. The summed E-state index contributed by atoms with van der Waals surface area (Å²) in [7, 11) is 0. The zero-order chi connectivity index (χ0) is 25.7. The minimum absolute atomic E-state index is 0.0184. The number of halogens is 2. The molecule has 4 rings (SSSR count). The van der Waals surface area contributed by atoms with Gasteiger partial charge in [0.2, 0.25) is 5.91 Å². The van der Waals surface area contributed by atoms with E-state index in [0.717, 1.165) is 17.2 Å². The van der Waals surface area contributed by atoms with Crippen molar-refractivity contribution in [1.29, 1.82) is 0 Å². The van der Waals surface area contributed by atoms with Crippen LogP contribution in [0.1, 0.15) is 57.2 Å². The molecular weight excluding hydrogens is 446 g/mol. The van der Waals surface area contributed by atoms with Crippen molar-refractivity contribution >= 4 is 5.91 Å². The standard InChI is InChI=1S/C29H38F2N2O2/c1-18-7-9-21(10-8-18)29(35)19(2)14-32(15-20(29)3)27(34)25-17-33(28(4,5)6)16-24(25)23-12-11-22(30)13-26(23)31/h7-13,19-20,24-25,35H,14-17H2,1-6H3/t19-,20+,24-,25+,29-/m0/s1. The first-order valence-corrected chi connectivity index (χ1v) is 12.6. The molecule has 1 amide bonds. The average molecular weight is 485 g/mol. The van der Waals surface area contributed by atoms with E-state index in [2.05, 4.69) is 25.7 Å². The van der Waals surface area contributed by atoms with E-state index in [-0.39, 0.29) is 29.2 Å². The van der Waals surface area contributed by atoms with Crippen molar-refractivity contribution in [3.63, 3.8) is 0 Å². The third-order valence-electron chi connectivity index (χ3n) is 8.26. The fourth-order valence-corrected chi connectivity index (χ4v) is 6.02. The lowest BCUT2D eigenvalue weighted by molar-refractivity contribution is -0.152. The van der Waals surface area contributed by atoms with Gasteiger partial charge in [0, 0.05) is 55.5 Å². The second-order valence-electron chi connectivity index (χ2n) is 11.7. The fraction of sp³-hybridized carbons (Fsp3) is 0.552. The molecule has 0 aromatic heterocycles. The molecule has 6 heteroatoms. The summed E-state index contributed by atoms with van der Waals surface area (Å²) < 4.78 is 28.4. The summed E-state index contributed by atoms with van der Waals surface area (Å²) in [6.07, 6.45) is 0. The molecule has 2 aromatic carbocycles. The molecule has 2 aromatic rings. The number of hydrogen-bond acceptors (Lipinski definition) is 3. The predicted octanol–water partition coefficient (Wildman–Crippen LogP) is 5.09. The quantitative estimate of drug-likeness (QED) is 0.660. The van der Waals surface area contributed by atoms with E-state index in [4.69, 9.17) is 0 Å². The van der Waals surface area contributed by atoms with Gasteiger partial charge in [0.05, 0.1) is 11.5 Å². The number of nitrogens with zero attached hydrogens (tertiary/aromatic N) is 2. The van der Waals surface area contributed by atoms with Crippen molar-refractivity contribution in [2.24, 2.45) is 17.8 Å². The minimum Gasteiger partial charge on any atom is -0.384 e. The highest BCUT2D eigenvalue weighted by atomic mass is 19.1. The fourth-order valence-electron chi connectivity index (χ4n) is 6.02. The molecule has 0 spiro atoms. The van der Waals surface area contributed by atoms with Crippen LogP contribution in [-0.2, 0) is 10.4 Å². The van der Waals surface area contributed by atoms with Crippen LogP contribution in [-0.4, -0.2) is 52.5 Å². The first kappa shape index (κ1) is 25.8. The molecule has 0 unspecified atom stereocenters. The van der Waals surface area contributed by atoms with Crippen molar-refractivity contribution < 1.29 is 18.7 Å². The van der Waals surface area contributed by atoms with Gasteiger partial charge in [-0.05, 0) is 44.9 Å². The maximum Gasteiger partial charge on any atom is 0.227 e. The number of carbonyl (C=O) groups excluding carboxylic acids is 1. The number of benzene rings is 2. The Morgan fingerprint density at radius 1 is 0.971 bits per heavy atom. The second-order valence-corrected chi connectivity index (χ2v) is 11.7. The Balaban J connectivity index is 1.61. The summed E-state index contributed by atoms with van der Waals surface area (Å²) >= 11 is 0. The van der Waals surface area contributed by atoms with Crippen LogP contribution in [0.4, 0.5) is 8.78 Å². The van der Waals surface area contributed by atoms with E-state index in [9.17, 15) is 18.7 Å². The molecule has 1 N–H and O–H groups in total. The van der Waals surface area contributed by atoms with E-state index in [1.807, 2.05) is 49.9 Å². The van der Waals surface area contributed by atoms with Crippen molar-refractivity contribution in [2.45, 2.75) is 58.6 Å². The maximum atomic E-state index is 14.8. The molecule has 4 nitrogen and oxygen atoms in total. The molecule has 0 radical (unpaired) electrons. The van der Waals surface area contributed by atoms with Gasteiger partial charge in [-0.1, -0.05) is 49.7 Å². The Bertz CT molecular complexity index is 1070. The zero-order valence-corrected chi connectivity index (χ0v) is 21.7. The van der Waals surface area contributed by atoms with Gasteiger partial charge in [-0.15, -0.1) is 0 Å². The molecule has 2 aliphatic heterocycles. The number of piperidine rings is 1. The Morgan fingerprint density at radius 3 is 2.11 bits per heavy atom. The lowest BCUT2D eigenvalue weighted by Crippen LogP contribution is -2.57. The molecule has 2 heterocycles. The predicted molar refractivity (Wildman–Crippen MR) is 134 cm³/mol. The number of rotatable bonds is 3. The number of amides is 1. The minimum atomic E-state index is -1.03. The first-order chi connectivity index (χ1) is 16.3. The normalized spacial score (nSPS) is 30.0. The van der Waals surface area contributed by atoms with Crippen molar-refractivity contribution in [3.8, 4) is 0 Å². The molecule has 2 aliphatic rings. The second kappa shape index (κ2) is 9.29. The molecule has 2 fully saturated rings. The summed E-state index contributed by atoms with van der Waals surface area (Å²) in [6.45, 7) is 14.2. The van der Waals surface area contributed by atoms with Crippen LogP contribution in [0.5, 0.6) is 0 Å². The summed E-state index contributed by atoms with van der Waals surface area (Å²) in [4.78, 5) is 18.0. The van der Waals surface area contributed by atoms with Gasteiger partial charge in [0.1, 0.15) is 11.6 Å². The molecule has 0 aliphatic carbocycles. The maximum absolute atomic E-state index is 14.8. The first-order valence-electron chi connectivity index (χ1n) is 12.6. The molecule has 0 bridgehead atoms. The van der Waals surface area contributed by atoms with E-state index in [1.165, 1.54) is 12.1 Å². The summed E-state index contributed by atoms with van der Waals surface area (Å²) in [5.41, 5.74) is 1.19. The van der Waals surface area contributed by atoms with Crippen LogP contribution >= 0.6 is 0 Å². The van der Waals surface area contributed by atoms with E-state index in [1.54, 1.807) is 0 Å². The molecule has 0 saturated carbocycles. The molecular formula is C29H38F2N2O2. The summed E-state index contributed by atoms with van der Waals surface area (Å²) in [5, 5.41) is 11.7. The molecule has 2 saturated heterocycles. The monoisotopic (exact) mass is 484 g/mol. The third-order valence-corrected chi connectivity index (χ3v) is 8.26. The third kappa shape index (κ3) is 4.75. The Labute approximate surface area is 207 Å². The van der Waals surface area contributed by atoms with Gasteiger partial charge in [0.25, 0.3) is 0 Å². The van der Waals surface area contributed by atoms with E-state index < -0.39 is 23.2 Å². The van der Waals surface area contributed by atoms with Crippen LogP contribution in [0, 0.1) is 36.3 Å².